The molecule has 0 N–H and O–H groups in total. The number of tetrazole rings is 1. The lowest BCUT2D eigenvalue weighted by molar-refractivity contribution is -0.145. The number of hydrogen-bond donors (Lipinski definition) is 0. The van der Waals surface area contributed by atoms with Gasteiger partial charge >= 0.3 is 5.97 Å². The molecule has 7 heteroatoms. The van der Waals surface area contributed by atoms with Gasteiger partial charge in [0.25, 0.3) is 0 Å². The molecule has 3 rings (SSSR count). The Morgan fingerprint density at radius 3 is 2.71 bits per heavy atom. The Bertz CT molecular complexity index is 751. The molecule has 106 valence electrons. The van der Waals surface area contributed by atoms with Crippen LogP contribution in [0.1, 0.15) is 13.3 Å². The van der Waals surface area contributed by atoms with E-state index in [0.29, 0.717) is 5.82 Å². The van der Waals surface area contributed by atoms with Crippen LogP contribution in [0.15, 0.2) is 42.5 Å². The lowest BCUT2D eigenvalue weighted by Gasteiger charge is -2.01. The van der Waals surface area contributed by atoms with E-state index in [1.807, 2.05) is 42.5 Å². The molecule has 0 radical (unpaired) electrons. The van der Waals surface area contributed by atoms with Gasteiger partial charge in [-0.3, -0.25) is 0 Å². The Hall–Kier alpha value is -2.54. The van der Waals surface area contributed by atoms with Crippen molar-refractivity contribution < 1.29 is 9.63 Å². The molecule has 2 aromatic heterocycles. The van der Waals surface area contributed by atoms with Crippen LogP contribution in [0, 0.1) is 0 Å². The van der Waals surface area contributed by atoms with Crippen molar-refractivity contribution in [2.24, 2.45) is 0 Å². The first-order valence-electron chi connectivity index (χ1n) is 6.43. The Kier molecular flexibility index (Phi) is 3.74. The Labute approximate surface area is 124 Å². The molecular weight excluding hydrogens is 288 g/mol. The van der Waals surface area contributed by atoms with Crippen LogP contribution in [-0.4, -0.2) is 26.3 Å². The summed E-state index contributed by atoms with van der Waals surface area (Å²) in [5, 5.41) is 11.2. The van der Waals surface area contributed by atoms with Crippen molar-refractivity contribution in [3.8, 4) is 21.1 Å². The minimum atomic E-state index is -0.386. The summed E-state index contributed by atoms with van der Waals surface area (Å²) in [6.07, 6.45) is 0.263. The molecule has 6 nitrogen and oxygen atoms in total. The van der Waals surface area contributed by atoms with E-state index in [2.05, 4.69) is 15.5 Å². The maximum atomic E-state index is 11.4. The van der Waals surface area contributed by atoms with Gasteiger partial charge in [-0.15, -0.1) is 16.4 Å². The van der Waals surface area contributed by atoms with E-state index in [0.717, 1.165) is 20.2 Å². The summed E-state index contributed by atoms with van der Waals surface area (Å²) in [6.45, 7) is 1.71. The molecule has 0 bridgehead atoms. The first-order chi connectivity index (χ1) is 10.3. The zero-order chi connectivity index (χ0) is 14.7. The number of nitrogens with zero attached hydrogens (tertiary/aromatic N) is 4. The zero-order valence-electron chi connectivity index (χ0n) is 11.3. The average molecular weight is 300 g/mol. The highest BCUT2D eigenvalue weighted by atomic mass is 32.1. The van der Waals surface area contributed by atoms with Crippen molar-refractivity contribution in [2.45, 2.75) is 13.3 Å². The number of rotatable bonds is 4. The van der Waals surface area contributed by atoms with Crippen LogP contribution in [0.4, 0.5) is 0 Å². The highest BCUT2D eigenvalue weighted by Crippen LogP contribution is 2.32. The lowest BCUT2D eigenvalue weighted by Crippen LogP contribution is -2.20. The summed E-state index contributed by atoms with van der Waals surface area (Å²) in [5.74, 6) is 0.0346. The van der Waals surface area contributed by atoms with Crippen LogP contribution in [0.3, 0.4) is 0 Å². The van der Waals surface area contributed by atoms with Crippen molar-refractivity contribution in [3.63, 3.8) is 0 Å². The molecule has 0 saturated carbocycles. The number of hydrogen-bond acceptors (Lipinski definition) is 6. The molecule has 21 heavy (non-hydrogen) atoms. The molecule has 0 unspecified atom stereocenters. The van der Waals surface area contributed by atoms with Crippen molar-refractivity contribution in [1.82, 2.24) is 20.4 Å². The highest BCUT2D eigenvalue weighted by molar-refractivity contribution is 7.18. The van der Waals surface area contributed by atoms with E-state index in [1.165, 1.54) is 11.3 Å². The maximum absolute atomic E-state index is 11.4. The number of carbonyl (C=O) groups is 1. The van der Waals surface area contributed by atoms with E-state index >= 15 is 0 Å². The minimum Gasteiger partial charge on any atom is -0.316 e. The summed E-state index contributed by atoms with van der Waals surface area (Å²) in [4.78, 5) is 19.4. The second-order valence-electron chi connectivity index (χ2n) is 4.22. The summed E-state index contributed by atoms with van der Waals surface area (Å²) in [5.41, 5.74) is 1.12. The minimum absolute atomic E-state index is 0.263. The molecule has 0 fully saturated rings. The van der Waals surface area contributed by atoms with Crippen LogP contribution < -0.4 is 4.84 Å². The second-order valence-corrected chi connectivity index (χ2v) is 5.31. The molecule has 0 saturated heterocycles. The topological polar surface area (TPSA) is 69.9 Å². The standard InChI is InChI=1S/C14H12N4O2S/c1-2-13(19)20-18-14(15-16-17-18)12-9-8-11(21-12)10-6-4-3-5-7-10/h3-9H,2H2,1H3. The fraction of sp³-hybridized carbons (Fsp3) is 0.143. The van der Waals surface area contributed by atoms with Crippen LogP contribution in [-0.2, 0) is 4.79 Å². The first-order valence-corrected chi connectivity index (χ1v) is 7.24. The maximum Gasteiger partial charge on any atom is 0.334 e. The van der Waals surface area contributed by atoms with Gasteiger partial charge in [-0.2, -0.15) is 0 Å². The van der Waals surface area contributed by atoms with E-state index in [4.69, 9.17) is 4.84 Å². The predicted octanol–water partition coefficient (Wildman–Crippen LogP) is 2.43. The van der Waals surface area contributed by atoms with Crippen molar-refractivity contribution in [3.05, 3.63) is 42.5 Å². The normalized spacial score (nSPS) is 10.5. The van der Waals surface area contributed by atoms with Gasteiger partial charge in [0, 0.05) is 11.3 Å². The third-order valence-corrected chi connectivity index (χ3v) is 3.93. The Morgan fingerprint density at radius 2 is 1.95 bits per heavy atom. The van der Waals surface area contributed by atoms with Crippen molar-refractivity contribution >= 4 is 17.3 Å². The zero-order valence-corrected chi connectivity index (χ0v) is 12.1. The molecule has 1 aromatic carbocycles. The number of benzene rings is 1. The van der Waals surface area contributed by atoms with E-state index in [-0.39, 0.29) is 12.4 Å². The van der Waals surface area contributed by atoms with Gasteiger partial charge in [0.1, 0.15) is 0 Å². The number of carbonyl (C=O) groups excluding carboxylic acids is 1. The van der Waals surface area contributed by atoms with Crippen molar-refractivity contribution in [1.29, 1.82) is 0 Å². The monoisotopic (exact) mass is 300 g/mol. The smallest absolute Gasteiger partial charge is 0.316 e. The molecule has 3 aromatic rings. The van der Waals surface area contributed by atoms with Gasteiger partial charge in [0.15, 0.2) is 0 Å². The quantitative estimate of drug-likeness (QED) is 0.692. The summed E-state index contributed by atoms with van der Waals surface area (Å²) >= 11 is 1.54. The lowest BCUT2D eigenvalue weighted by atomic mass is 10.2. The molecule has 0 aliphatic rings. The van der Waals surface area contributed by atoms with Gasteiger partial charge in [0.05, 0.1) is 4.88 Å². The molecule has 0 amide bonds. The Balaban J connectivity index is 1.91. The average Bonchev–Trinajstić information content (AvgIpc) is 3.16. The van der Waals surface area contributed by atoms with Gasteiger partial charge < -0.3 is 4.84 Å². The summed E-state index contributed by atoms with van der Waals surface area (Å²) < 4.78 is 0. The Morgan fingerprint density at radius 1 is 1.19 bits per heavy atom. The molecule has 0 aliphatic heterocycles. The van der Waals surface area contributed by atoms with Crippen LogP contribution in [0.2, 0.25) is 0 Å². The largest absolute Gasteiger partial charge is 0.334 e. The SMILES string of the molecule is CCC(=O)On1nnnc1-c1ccc(-c2ccccc2)s1. The first kappa shape index (κ1) is 13.4. The second kappa shape index (κ2) is 5.84. The fourth-order valence-corrected chi connectivity index (χ4v) is 2.73. The molecule has 0 aliphatic carbocycles. The highest BCUT2D eigenvalue weighted by Gasteiger charge is 2.15. The van der Waals surface area contributed by atoms with E-state index in [1.54, 1.807) is 6.92 Å². The van der Waals surface area contributed by atoms with Gasteiger partial charge in [-0.1, -0.05) is 37.3 Å². The summed E-state index contributed by atoms with van der Waals surface area (Å²) in [6, 6.07) is 13.9. The van der Waals surface area contributed by atoms with Crippen LogP contribution >= 0.6 is 11.3 Å². The molecule has 0 spiro atoms. The summed E-state index contributed by atoms with van der Waals surface area (Å²) in [7, 11) is 0. The van der Waals surface area contributed by atoms with Gasteiger partial charge in [0.2, 0.25) is 5.82 Å². The van der Waals surface area contributed by atoms with E-state index < -0.39 is 0 Å². The van der Waals surface area contributed by atoms with E-state index in [9.17, 15) is 4.79 Å². The van der Waals surface area contributed by atoms with Gasteiger partial charge in [-0.25, -0.2) is 4.79 Å². The molecular formula is C14H12N4O2S. The van der Waals surface area contributed by atoms with Crippen LogP contribution in [0.5, 0.6) is 0 Å². The third-order valence-electron chi connectivity index (χ3n) is 2.80. The number of aromatic nitrogens is 4. The van der Waals surface area contributed by atoms with Crippen LogP contribution in [0.25, 0.3) is 21.1 Å². The molecule has 0 atom stereocenters. The van der Waals surface area contributed by atoms with Gasteiger partial charge in [-0.05, 0) is 33.0 Å². The number of thiophene rings is 1. The molecule has 2 heterocycles. The van der Waals surface area contributed by atoms with Crippen molar-refractivity contribution in [2.75, 3.05) is 0 Å². The predicted molar refractivity (Wildman–Crippen MR) is 78.4 cm³/mol. The fourth-order valence-electron chi connectivity index (χ4n) is 1.76. The third kappa shape index (κ3) is 2.82.